The second kappa shape index (κ2) is 10.7. The van der Waals surface area contributed by atoms with Crippen LogP contribution in [-0.4, -0.2) is 5.78 Å². The van der Waals surface area contributed by atoms with Gasteiger partial charge in [-0.2, -0.15) is 0 Å². The lowest BCUT2D eigenvalue weighted by Gasteiger charge is -2.27. The van der Waals surface area contributed by atoms with Crippen molar-refractivity contribution in [2.45, 2.75) is 0 Å². The number of ketones is 1. The van der Waals surface area contributed by atoms with E-state index in [1.54, 1.807) is 0 Å². The van der Waals surface area contributed by atoms with E-state index < -0.39 is 7.26 Å². The third-order valence-corrected chi connectivity index (χ3v) is 10.3. The minimum absolute atomic E-state index is 0. The van der Waals surface area contributed by atoms with E-state index in [0.29, 0.717) is 11.1 Å². The molecule has 3 heteroatoms. The smallest absolute Gasteiger partial charge is 0.193 e. The molecular weight excluding hydrogens is 499 g/mol. The highest BCUT2D eigenvalue weighted by Gasteiger charge is 2.47. The predicted octanol–water partition coefficient (Wildman–Crippen LogP) is 2.54. The monoisotopic (exact) mass is 522 g/mol. The maximum absolute atomic E-state index is 13.0. The number of rotatable bonds is 6. The molecule has 5 aromatic carbocycles. The van der Waals surface area contributed by atoms with Crippen molar-refractivity contribution in [1.82, 2.24) is 0 Å². The van der Waals surface area contributed by atoms with E-state index in [1.807, 2.05) is 42.5 Å². The summed E-state index contributed by atoms with van der Waals surface area (Å²) in [7, 11) is -2.14. The van der Waals surface area contributed by atoms with Gasteiger partial charge >= 0.3 is 0 Å². The topological polar surface area (TPSA) is 17.1 Å². The Morgan fingerprint density at radius 1 is 0.382 bits per heavy atom. The Labute approximate surface area is 212 Å². The van der Waals surface area contributed by atoms with Crippen LogP contribution in [0.25, 0.3) is 0 Å². The molecule has 0 amide bonds. The second-order valence-corrected chi connectivity index (χ2v) is 11.3. The van der Waals surface area contributed by atoms with Crippen LogP contribution in [0.3, 0.4) is 0 Å². The number of halogens is 1. The summed E-state index contributed by atoms with van der Waals surface area (Å²) in [6.07, 6.45) is 0. The van der Waals surface area contributed by atoms with E-state index in [9.17, 15) is 4.79 Å². The number of hydrogen-bond acceptors (Lipinski definition) is 1. The fraction of sp³-hybridized carbons (Fsp3) is 0. The molecule has 0 aromatic heterocycles. The number of carbonyl (C=O) groups is 1. The van der Waals surface area contributed by atoms with Crippen LogP contribution in [0, 0.1) is 0 Å². The first kappa shape index (κ1) is 23.8. The zero-order valence-corrected chi connectivity index (χ0v) is 21.1. The van der Waals surface area contributed by atoms with Crippen molar-refractivity contribution < 1.29 is 21.8 Å². The average molecular weight is 523 g/mol. The molecule has 0 atom stereocenters. The van der Waals surface area contributed by atoms with Gasteiger partial charge in [-0.15, -0.1) is 0 Å². The molecule has 0 aliphatic heterocycles. The molecule has 166 valence electrons. The first-order chi connectivity index (χ1) is 16.3. The Balaban J connectivity index is 0.00000274. The summed E-state index contributed by atoms with van der Waals surface area (Å²) in [5, 5.41) is 5.12. The van der Waals surface area contributed by atoms with Gasteiger partial charge in [-0.1, -0.05) is 84.9 Å². The average Bonchev–Trinajstić information content (AvgIpc) is 2.91. The maximum Gasteiger partial charge on any atom is 0.193 e. The summed E-state index contributed by atoms with van der Waals surface area (Å²) < 4.78 is 0. The van der Waals surface area contributed by atoms with Gasteiger partial charge < -0.3 is 17.0 Å². The van der Waals surface area contributed by atoms with Crippen LogP contribution >= 0.6 is 7.26 Å². The Kier molecular flexibility index (Phi) is 7.53. The normalized spacial score (nSPS) is 10.8. The van der Waals surface area contributed by atoms with Crippen molar-refractivity contribution in [1.29, 1.82) is 0 Å². The summed E-state index contributed by atoms with van der Waals surface area (Å²) >= 11 is 0. The molecule has 0 spiro atoms. The van der Waals surface area contributed by atoms with Crippen LogP contribution in [0.15, 0.2) is 146 Å². The largest absolute Gasteiger partial charge is 1.00 e. The molecule has 0 radical (unpaired) electrons. The van der Waals surface area contributed by atoms with E-state index in [1.165, 1.54) is 21.2 Å². The van der Waals surface area contributed by atoms with E-state index >= 15 is 0 Å². The molecule has 1 nitrogen and oxygen atoms in total. The Morgan fingerprint density at radius 2 is 0.676 bits per heavy atom. The molecule has 0 saturated heterocycles. The molecule has 0 aliphatic carbocycles. The molecule has 34 heavy (non-hydrogen) atoms. The van der Waals surface area contributed by atoms with Crippen molar-refractivity contribution in [3.63, 3.8) is 0 Å². The molecule has 0 fully saturated rings. The third kappa shape index (κ3) is 4.40. The fourth-order valence-electron chi connectivity index (χ4n) is 4.44. The van der Waals surface area contributed by atoms with Crippen LogP contribution in [0.4, 0.5) is 0 Å². The highest BCUT2D eigenvalue weighted by Crippen LogP contribution is 2.54. The Hall–Kier alpha value is -3.32. The van der Waals surface area contributed by atoms with Gasteiger partial charge in [-0.05, 0) is 60.7 Å². The lowest BCUT2D eigenvalue weighted by Crippen LogP contribution is -3.00. The zero-order chi connectivity index (χ0) is 22.5. The van der Waals surface area contributed by atoms with Crippen molar-refractivity contribution in [3.8, 4) is 0 Å². The highest BCUT2D eigenvalue weighted by molar-refractivity contribution is 8.01. The summed E-state index contributed by atoms with van der Waals surface area (Å²) in [6.45, 7) is 0. The van der Waals surface area contributed by atoms with Crippen LogP contribution in [0.5, 0.6) is 0 Å². The summed E-state index contributed by atoms with van der Waals surface area (Å²) in [5.74, 6) is 0.0465. The van der Waals surface area contributed by atoms with Gasteiger partial charge in [0, 0.05) is 11.1 Å². The first-order valence-electron chi connectivity index (χ1n) is 11.1. The predicted molar refractivity (Wildman–Crippen MR) is 141 cm³/mol. The summed E-state index contributed by atoms with van der Waals surface area (Å²) in [6, 6.07) is 50.0. The Morgan fingerprint density at radius 3 is 1.06 bits per heavy atom. The van der Waals surface area contributed by atoms with Crippen LogP contribution < -0.4 is 38.2 Å². The second-order valence-electron chi connectivity index (χ2n) is 7.92. The van der Waals surface area contributed by atoms with E-state index in [2.05, 4.69) is 103 Å². The van der Waals surface area contributed by atoms with E-state index in [4.69, 9.17) is 0 Å². The molecule has 5 aromatic rings. The number of benzene rings is 5. The van der Waals surface area contributed by atoms with Gasteiger partial charge in [0.05, 0.1) is 0 Å². The summed E-state index contributed by atoms with van der Waals surface area (Å²) in [5.41, 5.74) is 1.41. The third-order valence-electron chi connectivity index (χ3n) is 5.98. The Bertz CT molecular complexity index is 1240. The molecule has 0 heterocycles. The molecular formula is C31H24BrOP. The molecule has 0 saturated carbocycles. The molecule has 0 aliphatic rings. The minimum Gasteiger partial charge on any atom is -1.00 e. The van der Waals surface area contributed by atoms with Gasteiger partial charge in [-0.25, -0.2) is 0 Å². The van der Waals surface area contributed by atoms with Gasteiger partial charge in [0.15, 0.2) is 5.78 Å². The standard InChI is InChI=1S/C31H24OP.BrH/c32-31(25-13-5-1-6-14-25)26-21-23-30(24-22-26)33(27-15-7-2-8-16-27,28-17-9-3-10-18-28)29-19-11-4-12-20-29;/h1-24H;1H/q+1;/p-1. The fourth-order valence-corrected chi connectivity index (χ4v) is 8.69. The van der Waals surface area contributed by atoms with Crippen LogP contribution in [0.2, 0.25) is 0 Å². The number of hydrogen-bond donors (Lipinski definition) is 0. The van der Waals surface area contributed by atoms with Crippen LogP contribution in [-0.2, 0) is 0 Å². The lowest BCUT2D eigenvalue weighted by molar-refractivity contribution is -0.0000135. The quantitative estimate of drug-likeness (QED) is 0.247. The number of carbonyl (C=O) groups excluding carboxylic acids is 1. The molecule has 0 bridgehead atoms. The van der Waals surface area contributed by atoms with E-state index in [0.717, 1.165) is 0 Å². The first-order valence-corrected chi connectivity index (χ1v) is 12.9. The molecule has 5 rings (SSSR count). The van der Waals surface area contributed by atoms with E-state index in [-0.39, 0.29) is 22.8 Å². The van der Waals surface area contributed by atoms with Gasteiger partial charge in [0.2, 0.25) is 0 Å². The SMILES string of the molecule is O=C(c1ccccc1)c1ccc([P+](c2ccccc2)(c2ccccc2)c2ccccc2)cc1.[Br-]. The van der Waals surface area contributed by atoms with Crippen molar-refractivity contribution in [2.24, 2.45) is 0 Å². The van der Waals surface area contributed by atoms with Crippen molar-refractivity contribution >= 4 is 34.3 Å². The van der Waals surface area contributed by atoms with Crippen molar-refractivity contribution in [2.75, 3.05) is 0 Å². The zero-order valence-electron chi connectivity index (χ0n) is 18.6. The van der Waals surface area contributed by atoms with Gasteiger partial charge in [0.1, 0.15) is 28.5 Å². The van der Waals surface area contributed by atoms with Crippen molar-refractivity contribution in [3.05, 3.63) is 157 Å². The van der Waals surface area contributed by atoms with Crippen LogP contribution in [0.1, 0.15) is 15.9 Å². The maximum atomic E-state index is 13.0. The molecule has 0 N–H and O–H groups in total. The summed E-state index contributed by atoms with van der Waals surface area (Å²) in [4.78, 5) is 13.0. The van der Waals surface area contributed by atoms with Gasteiger partial charge in [0.25, 0.3) is 0 Å². The minimum atomic E-state index is -2.14. The highest BCUT2D eigenvalue weighted by atomic mass is 79.9. The van der Waals surface area contributed by atoms with Gasteiger partial charge in [-0.3, -0.25) is 4.79 Å². The molecule has 0 unspecified atom stereocenters. The lowest BCUT2D eigenvalue weighted by atomic mass is 10.0.